The molecular weight excluding hydrogens is 330 g/mol. The highest BCUT2D eigenvalue weighted by Gasteiger charge is 2.11. The normalized spacial score (nSPS) is 14.4. The first-order valence-electron chi connectivity index (χ1n) is 8.56. The van der Waals surface area contributed by atoms with Gasteiger partial charge >= 0.3 is 0 Å². The average Bonchev–Trinajstić information content (AvgIpc) is 2.69. The van der Waals surface area contributed by atoms with E-state index in [9.17, 15) is 4.79 Å². The van der Waals surface area contributed by atoms with Crippen molar-refractivity contribution in [3.8, 4) is 6.07 Å². The SMILES string of the molecule is N#Cc1cccc(Nc2ccc(C(=O)NCCN3CCOCC3)nc2)c1. The van der Waals surface area contributed by atoms with Crippen LogP contribution in [0.4, 0.5) is 11.4 Å². The first-order valence-corrected chi connectivity index (χ1v) is 8.56. The summed E-state index contributed by atoms with van der Waals surface area (Å²) in [6, 6.07) is 12.8. The number of benzene rings is 1. The highest BCUT2D eigenvalue weighted by molar-refractivity contribution is 5.92. The average molecular weight is 351 g/mol. The number of anilines is 2. The van der Waals surface area contributed by atoms with E-state index in [0.29, 0.717) is 17.8 Å². The molecule has 26 heavy (non-hydrogen) atoms. The van der Waals surface area contributed by atoms with Crippen molar-refractivity contribution in [3.63, 3.8) is 0 Å². The Morgan fingerprint density at radius 2 is 2.08 bits per heavy atom. The van der Waals surface area contributed by atoms with Gasteiger partial charge in [0.2, 0.25) is 0 Å². The number of carbonyl (C=O) groups is 1. The Labute approximate surface area is 152 Å². The maximum atomic E-state index is 12.2. The van der Waals surface area contributed by atoms with Gasteiger partial charge in [-0.25, -0.2) is 4.98 Å². The molecule has 0 spiro atoms. The number of nitriles is 1. The van der Waals surface area contributed by atoms with Gasteiger partial charge in [-0.1, -0.05) is 6.07 Å². The third kappa shape index (κ3) is 5.02. The maximum Gasteiger partial charge on any atom is 0.269 e. The van der Waals surface area contributed by atoms with E-state index in [1.807, 2.05) is 12.1 Å². The molecule has 0 atom stereocenters. The van der Waals surface area contributed by atoms with Gasteiger partial charge in [0.15, 0.2) is 0 Å². The lowest BCUT2D eigenvalue weighted by atomic mass is 10.2. The van der Waals surface area contributed by atoms with Crippen molar-refractivity contribution >= 4 is 17.3 Å². The van der Waals surface area contributed by atoms with E-state index in [0.717, 1.165) is 44.2 Å². The topological polar surface area (TPSA) is 90.3 Å². The summed E-state index contributed by atoms with van der Waals surface area (Å²) in [4.78, 5) is 18.6. The predicted octanol–water partition coefficient (Wildman–Crippen LogP) is 1.76. The smallest absolute Gasteiger partial charge is 0.269 e. The molecule has 1 saturated heterocycles. The van der Waals surface area contributed by atoms with Gasteiger partial charge in [0.25, 0.3) is 5.91 Å². The zero-order valence-electron chi connectivity index (χ0n) is 14.4. The van der Waals surface area contributed by atoms with Crippen LogP contribution in [0.3, 0.4) is 0 Å². The van der Waals surface area contributed by atoms with Gasteiger partial charge in [-0.15, -0.1) is 0 Å². The molecule has 0 radical (unpaired) electrons. The van der Waals surface area contributed by atoms with E-state index in [4.69, 9.17) is 10.00 Å². The van der Waals surface area contributed by atoms with Gasteiger partial charge < -0.3 is 15.4 Å². The summed E-state index contributed by atoms with van der Waals surface area (Å²) in [7, 11) is 0. The Morgan fingerprint density at radius 1 is 1.23 bits per heavy atom. The number of nitrogens with zero attached hydrogens (tertiary/aromatic N) is 3. The molecule has 1 aromatic heterocycles. The van der Waals surface area contributed by atoms with E-state index >= 15 is 0 Å². The first kappa shape index (κ1) is 17.9. The molecule has 1 aliphatic rings. The van der Waals surface area contributed by atoms with Crippen LogP contribution in [0.2, 0.25) is 0 Å². The standard InChI is InChI=1S/C19H21N5O2/c20-13-15-2-1-3-16(12-15)23-17-4-5-18(22-14-17)19(25)21-6-7-24-8-10-26-11-9-24/h1-5,12,14,23H,6-11H2,(H,21,25). The first-order chi connectivity index (χ1) is 12.7. The van der Waals surface area contributed by atoms with Gasteiger partial charge in [0.1, 0.15) is 5.69 Å². The van der Waals surface area contributed by atoms with Crippen molar-refractivity contribution in [2.75, 3.05) is 44.7 Å². The quantitative estimate of drug-likeness (QED) is 0.824. The highest BCUT2D eigenvalue weighted by atomic mass is 16.5. The van der Waals surface area contributed by atoms with Crippen LogP contribution >= 0.6 is 0 Å². The Hall–Kier alpha value is -2.95. The van der Waals surface area contributed by atoms with E-state index in [2.05, 4.69) is 26.6 Å². The summed E-state index contributed by atoms with van der Waals surface area (Å²) in [6.07, 6.45) is 1.61. The van der Waals surface area contributed by atoms with E-state index in [1.54, 1.807) is 30.5 Å². The van der Waals surface area contributed by atoms with Crippen LogP contribution in [0.1, 0.15) is 16.1 Å². The van der Waals surface area contributed by atoms with Crippen LogP contribution in [0.15, 0.2) is 42.6 Å². The molecule has 1 fully saturated rings. The van der Waals surface area contributed by atoms with E-state index in [-0.39, 0.29) is 5.91 Å². The van der Waals surface area contributed by atoms with Crippen molar-refractivity contribution in [3.05, 3.63) is 53.9 Å². The number of hydrogen-bond donors (Lipinski definition) is 2. The third-order valence-corrected chi connectivity index (χ3v) is 4.09. The fourth-order valence-corrected chi connectivity index (χ4v) is 2.68. The summed E-state index contributed by atoms with van der Waals surface area (Å²) < 4.78 is 5.30. The summed E-state index contributed by atoms with van der Waals surface area (Å²) in [6.45, 7) is 4.71. The molecule has 1 aromatic carbocycles. The van der Waals surface area contributed by atoms with Crippen LogP contribution in [-0.2, 0) is 4.74 Å². The minimum absolute atomic E-state index is 0.184. The molecule has 0 unspecified atom stereocenters. The largest absolute Gasteiger partial charge is 0.379 e. The van der Waals surface area contributed by atoms with Gasteiger partial charge in [-0.05, 0) is 30.3 Å². The fourth-order valence-electron chi connectivity index (χ4n) is 2.68. The molecule has 0 saturated carbocycles. The number of hydrogen-bond acceptors (Lipinski definition) is 6. The minimum Gasteiger partial charge on any atom is -0.379 e. The molecule has 7 heteroatoms. The number of aromatic nitrogens is 1. The molecule has 134 valence electrons. The van der Waals surface area contributed by atoms with Crippen LogP contribution in [0, 0.1) is 11.3 Å². The Balaban J connectivity index is 1.50. The highest BCUT2D eigenvalue weighted by Crippen LogP contribution is 2.17. The van der Waals surface area contributed by atoms with Crippen molar-refractivity contribution in [1.82, 2.24) is 15.2 Å². The van der Waals surface area contributed by atoms with Crippen LogP contribution in [-0.4, -0.2) is 55.2 Å². The van der Waals surface area contributed by atoms with Gasteiger partial charge in [0, 0.05) is 31.9 Å². The molecule has 0 aliphatic carbocycles. The minimum atomic E-state index is -0.184. The van der Waals surface area contributed by atoms with E-state index < -0.39 is 0 Å². The predicted molar refractivity (Wildman–Crippen MR) is 98.3 cm³/mol. The number of ether oxygens (including phenoxy) is 1. The van der Waals surface area contributed by atoms with Crippen molar-refractivity contribution < 1.29 is 9.53 Å². The molecule has 1 amide bonds. The van der Waals surface area contributed by atoms with Crippen LogP contribution in [0.5, 0.6) is 0 Å². The molecule has 2 aromatic rings. The molecule has 3 rings (SSSR count). The maximum absolute atomic E-state index is 12.2. The molecular formula is C19H21N5O2. The number of rotatable bonds is 6. The summed E-state index contributed by atoms with van der Waals surface area (Å²) >= 11 is 0. The van der Waals surface area contributed by atoms with E-state index in [1.165, 1.54) is 0 Å². The number of carbonyl (C=O) groups excluding carboxylic acids is 1. The number of morpholine rings is 1. The lowest BCUT2D eigenvalue weighted by Gasteiger charge is -2.26. The molecule has 0 bridgehead atoms. The molecule has 7 nitrogen and oxygen atoms in total. The summed E-state index contributed by atoms with van der Waals surface area (Å²) in [5.74, 6) is -0.184. The second kappa shape index (κ2) is 8.94. The van der Waals surface area contributed by atoms with Gasteiger partial charge in [0.05, 0.1) is 36.7 Å². The fraction of sp³-hybridized carbons (Fsp3) is 0.316. The lowest BCUT2D eigenvalue weighted by Crippen LogP contribution is -2.41. The second-order valence-electron chi connectivity index (χ2n) is 5.96. The Bertz CT molecular complexity index is 779. The van der Waals surface area contributed by atoms with Crippen LogP contribution < -0.4 is 10.6 Å². The number of pyridine rings is 1. The van der Waals surface area contributed by atoms with Crippen LogP contribution in [0.25, 0.3) is 0 Å². The molecule has 1 aliphatic heterocycles. The van der Waals surface area contributed by atoms with Crippen molar-refractivity contribution in [2.24, 2.45) is 0 Å². The number of nitrogens with one attached hydrogen (secondary N) is 2. The van der Waals surface area contributed by atoms with Gasteiger partial charge in [-0.3, -0.25) is 9.69 Å². The zero-order valence-corrected chi connectivity index (χ0v) is 14.4. The lowest BCUT2D eigenvalue weighted by molar-refractivity contribution is 0.0383. The second-order valence-corrected chi connectivity index (χ2v) is 5.96. The summed E-state index contributed by atoms with van der Waals surface area (Å²) in [5, 5.41) is 15.0. The van der Waals surface area contributed by atoms with Crippen molar-refractivity contribution in [2.45, 2.75) is 0 Å². The number of amides is 1. The van der Waals surface area contributed by atoms with Crippen molar-refractivity contribution in [1.29, 1.82) is 5.26 Å². The molecule has 2 N–H and O–H groups in total. The zero-order chi connectivity index (χ0) is 18.2. The monoisotopic (exact) mass is 351 g/mol. The Kier molecular flexibility index (Phi) is 6.14. The summed E-state index contributed by atoms with van der Waals surface area (Å²) in [5.41, 5.74) is 2.51. The van der Waals surface area contributed by atoms with Gasteiger partial charge in [-0.2, -0.15) is 5.26 Å². The Morgan fingerprint density at radius 3 is 2.81 bits per heavy atom. The molecule has 2 heterocycles. The third-order valence-electron chi connectivity index (χ3n) is 4.09.